The van der Waals surface area contributed by atoms with E-state index in [1.165, 1.54) is 7.11 Å². The van der Waals surface area contributed by atoms with Gasteiger partial charge in [-0.2, -0.15) is 0 Å². The highest BCUT2D eigenvalue weighted by molar-refractivity contribution is 6.32. The molecule has 0 unspecified atom stereocenters. The number of methoxy groups -OCH3 is 1. The van der Waals surface area contributed by atoms with Crippen LogP contribution < -0.4 is 0 Å². The number of benzene rings is 1. The van der Waals surface area contributed by atoms with Crippen LogP contribution in [0.3, 0.4) is 0 Å². The fourth-order valence-electron chi connectivity index (χ4n) is 1.81. The second kappa shape index (κ2) is 4.34. The maximum atomic E-state index is 11.7. The molecule has 3 nitrogen and oxygen atoms in total. The summed E-state index contributed by atoms with van der Waals surface area (Å²) in [4.78, 5) is 16.1. The van der Waals surface area contributed by atoms with Crippen molar-refractivity contribution in [2.24, 2.45) is 0 Å². The monoisotopic (exact) mass is 249 g/mol. The Hall–Kier alpha value is -1.61. The van der Waals surface area contributed by atoms with Crippen LogP contribution in [0.15, 0.2) is 18.2 Å². The molecular formula is C13H12ClNO2. The van der Waals surface area contributed by atoms with Gasteiger partial charge in [-0.05, 0) is 31.5 Å². The molecule has 1 heterocycles. The van der Waals surface area contributed by atoms with E-state index in [1.54, 1.807) is 18.2 Å². The van der Waals surface area contributed by atoms with E-state index in [4.69, 9.17) is 16.3 Å². The van der Waals surface area contributed by atoms with Gasteiger partial charge in [0.15, 0.2) is 0 Å². The average molecular weight is 250 g/mol. The van der Waals surface area contributed by atoms with Gasteiger partial charge >= 0.3 is 5.97 Å². The highest BCUT2D eigenvalue weighted by atomic mass is 35.5. The third-order valence-electron chi connectivity index (χ3n) is 2.70. The highest BCUT2D eigenvalue weighted by Crippen LogP contribution is 2.27. The molecule has 0 radical (unpaired) electrons. The molecule has 2 aromatic rings. The number of pyridine rings is 1. The molecule has 4 heteroatoms. The van der Waals surface area contributed by atoms with Crippen molar-refractivity contribution < 1.29 is 9.53 Å². The van der Waals surface area contributed by atoms with Crippen molar-refractivity contribution in [3.8, 4) is 0 Å². The molecule has 17 heavy (non-hydrogen) atoms. The number of ether oxygens (including phenoxy) is 1. The largest absolute Gasteiger partial charge is 0.465 e. The van der Waals surface area contributed by atoms with Gasteiger partial charge in [0.1, 0.15) is 0 Å². The SMILES string of the molecule is COC(=O)c1cc(C)nc2c(C)c(Cl)ccc12. The maximum absolute atomic E-state index is 11.7. The van der Waals surface area contributed by atoms with Gasteiger partial charge in [-0.1, -0.05) is 17.7 Å². The minimum atomic E-state index is -0.359. The molecule has 1 aromatic carbocycles. The van der Waals surface area contributed by atoms with Crippen LogP contribution >= 0.6 is 11.6 Å². The van der Waals surface area contributed by atoms with Crippen molar-refractivity contribution in [3.63, 3.8) is 0 Å². The summed E-state index contributed by atoms with van der Waals surface area (Å²) in [5.74, 6) is -0.359. The Labute approximate surface area is 104 Å². The van der Waals surface area contributed by atoms with Crippen molar-refractivity contribution in [2.45, 2.75) is 13.8 Å². The van der Waals surface area contributed by atoms with Crippen LogP contribution in [0.1, 0.15) is 21.6 Å². The van der Waals surface area contributed by atoms with Gasteiger partial charge in [0.25, 0.3) is 0 Å². The molecule has 0 aliphatic rings. The summed E-state index contributed by atoms with van der Waals surface area (Å²) in [5, 5.41) is 1.41. The van der Waals surface area contributed by atoms with Gasteiger partial charge in [-0.3, -0.25) is 4.98 Å². The third kappa shape index (κ3) is 1.98. The van der Waals surface area contributed by atoms with Gasteiger partial charge in [0, 0.05) is 16.1 Å². The molecule has 0 aliphatic heterocycles. The average Bonchev–Trinajstić information content (AvgIpc) is 2.32. The number of halogens is 1. The molecular weight excluding hydrogens is 238 g/mol. The Morgan fingerprint density at radius 2 is 2.06 bits per heavy atom. The second-order valence-electron chi connectivity index (χ2n) is 3.87. The molecule has 0 fully saturated rings. The Morgan fingerprint density at radius 3 is 2.71 bits per heavy atom. The minimum Gasteiger partial charge on any atom is -0.465 e. The Bertz CT molecular complexity index is 608. The first kappa shape index (κ1) is 11.9. The van der Waals surface area contributed by atoms with E-state index in [1.807, 2.05) is 13.8 Å². The molecule has 0 amide bonds. The second-order valence-corrected chi connectivity index (χ2v) is 4.28. The fourth-order valence-corrected chi connectivity index (χ4v) is 1.96. The minimum absolute atomic E-state index is 0.359. The van der Waals surface area contributed by atoms with E-state index in [0.29, 0.717) is 10.6 Å². The zero-order valence-electron chi connectivity index (χ0n) is 9.87. The summed E-state index contributed by atoms with van der Waals surface area (Å²) >= 11 is 6.05. The molecule has 0 saturated heterocycles. The standard InChI is InChI=1S/C13H12ClNO2/c1-7-6-10(13(16)17-3)9-4-5-11(14)8(2)12(9)15-7/h4-6H,1-3H3. The number of carbonyl (C=O) groups is 1. The van der Waals surface area contributed by atoms with E-state index >= 15 is 0 Å². The first-order valence-electron chi connectivity index (χ1n) is 5.19. The quantitative estimate of drug-likeness (QED) is 0.728. The van der Waals surface area contributed by atoms with E-state index in [9.17, 15) is 4.79 Å². The molecule has 0 bridgehead atoms. The molecule has 0 saturated carbocycles. The lowest BCUT2D eigenvalue weighted by Gasteiger charge is -2.09. The van der Waals surface area contributed by atoms with Crippen LogP contribution in [-0.4, -0.2) is 18.1 Å². The molecule has 0 spiro atoms. The lowest BCUT2D eigenvalue weighted by atomic mass is 10.0. The van der Waals surface area contributed by atoms with E-state index in [-0.39, 0.29) is 5.97 Å². The van der Waals surface area contributed by atoms with E-state index in [0.717, 1.165) is 22.2 Å². The summed E-state index contributed by atoms with van der Waals surface area (Å²) in [5.41, 5.74) is 2.91. The van der Waals surface area contributed by atoms with Gasteiger partial charge in [0.2, 0.25) is 0 Å². The molecule has 0 atom stereocenters. The maximum Gasteiger partial charge on any atom is 0.338 e. The third-order valence-corrected chi connectivity index (χ3v) is 3.11. The van der Waals surface area contributed by atoms with Crippen molar-refractivity contribution in [1.29, 1.82) is 0 Å². The van der Waals surface area contributed by atoms with Crippen molar-refractivity contribution >= 4 is 28.5 Å². The Balaban J connectivity index is 2.86. The number of carbonyl (C=O) groups excluding carboxylic acids is 1. The molecule has 2 rings (SSSR count). The number of hydrogen-bond donors (Lipinski definition) is 0. The number of esters is 1. The summed E-state index contributed by atoms with van der Waals surface area (Å²) < 4.78 is 4.77. The van der Waals surface area contributed by atoms with Crippen LogP contribution in [0.5, 0.6) is 0 Å². The Morgan fingerprint density at radius 1 is 1.35 bits per heavy atom. The summed E-state index contributed by atoms with van der Waals surface area (Å²) in [6.45, 7) is 3.73. The number of fused-ring (bicyclic) bond motifs is 1. The molecule has 1 aromatic heterocycles. The lowest BCUT2D eigenvalue weighted by molar-refractivity contribution is 0.0603. The summed E-state index contributed by atoms with van der Waals surface area (Å²) in [6.07, 6.45) is 0. The van der Waals surface area contributed by atoms with Crippen LogP contribution in [0.4, 0.5) is 0 Å². The predicted octanol–water partition coefficient (Wildman–Crippen LogP) is 3.29. The highest BCUT2D eigenvalue weighted by Gasteiger charge is 2.14. The van der Waals surface area contributed by atoms with Crippen molar-refractivity contribution in [1.82, 2.24) is 4.98 Å². The van der Waals surface area contributed by atoms with Gasteiger partial charge in [-0.25, -0.2) is 4.79 Å². The summed E-state index contributed by atoms with van der Waals surface area (Å²) in [6, 6.07) is 5.29. The van der Waals surface area contributed by atoms with Gasteiger partial charge in [-0.15, -0.1) is 0 Å². The van der Waals surface area contributed by atoms with E-state index < -0.39 is 0 Å². The number of hydrogen-bond acceptors (Lipinski definition) is 3. The van der Waals surface area contributed by atoms with Gasteiger partial charge < -0.3 is 4.74 Å². The first-order chi connectivity index (χ1) is 8.04. The van der Waals surface area contributed by atoms with E-state index in [2.05, 4.69) is 4.98 Å². The number of nitrogens with zero attached hydrogens (tertiary/aromatic N) is 1. The lowest BCUT2D eigenvalue weighted by Crippen LogP contribution is -2.04. The zero-order valence-corrected chi connectivity index (χ0v) is 10.6. The van der Waals surface area contributed by atoms with Crippen LogP contribution in [-0.2, 0) is 4.74 Å². The molecule has 88 valence electrons. The number of aromatic nitrogens is 1. The zero-order chi connectivity index (χ0) is 12.6. The van der Waals surface area contributed by atoms with Crippen molar-refractivity contribution in [3.05, 3.63) is 40.0 Å². The van der Waals surface area contributed by atoms with Crippen LogP contribution in [0.2, 0.25) is 5.02 Å². The normalized spacial score (nSPS) is 10.6. The fraction of sp³-hybridized carbons (Fsp3) is 0.231. The first-order valence-corrected chi connectivity index (χ1v) is 5.57. The molecule has 0 aliphatic carbocycles. The number of aryl methyl sites for hydroxylation is 2. The smallest absolute Gasteiger partial charge is 0.338 e. The van der Waals surface area contributed by atoms with Gasteiger partial charge in [0.05, 0.1) is 18.2 Å². The van der Waals surface area contributed by atoms with Crippen molar-refractivity contribution in [2.75, 3.05) is 7.11 Å². The van der Waals surface area contributed by atoms with Crippen LogP contribution in [0, 0.1) is 13.8 Å². The van der Waals surface area contributed by atoms with Crippen LogP contribution in [0.25, 0.3) is 10.9 Å². The topological polar surface area (TPSA) is 39.2 Å². The predicted molar refractivity (Wildman–Crippen MR) is 67.6 cm³/mol. The summed E-state index contributed by atoms with van der Waals surface area (Å²) in [7, 11) is 1.37. The Kier molecular flexibility index (Phi) is 3.03. The number of rotatable bonds is 1. The molecule has 0 N–H and O–H groups in total.